The predicted octanol–water partition coefficient (Wildman–Crippen LogP) is 4.69. The van der Waals surface area contributed by atoms with Crippen molar-refractivity contribution >= 4 is 16.9 Å². The molecule has 7 rings (SSSR count). The number of ether oxygens (including phenoxy) is 1. The number of rotatable bonds is 5. The first kappa shape index (κ1) is 22.0. The average molecular weight is 493 g/mol. The Labute approximate surface area is 214 Å². The molecule has 2 aliphatic rings. The molecule has 1 fully saturated rings. The van der Waals surface area contributed by atoms with E-state index in [-0.39, 0.29) is 6.10 Å². The summed E-state index contributed by atoms with van der Waals surface area (Å²) in [6.45, 7) is 2.77. The highest BCUT2D eigenvalue weighted by molar-refractivity contribution is 6.00. The molecule has 1 saturated carbocycles. The molecule has 0 saturated heterocycles. The standard InChI is InChI=1S/C28H28N8O/c1-17-32-33-34-36(17)14-18-11-22(12-18)35-15-23(26-27(29)30-16-31-28(26)35)21-8-7-20-9-10-24(37-25(20)13-21)19-5-3-2-4-6-19/h2-8,13,15-16,18,22,24H,9-12,14H2,1H3,(H2,29,30,31). The molecule has 5 aromatic rings. The minimum atomic E-state index is 0.0643. The highest BCUT2D eigenvalue weighted by atomic mass is 16.5. The number of hydrogen-bond acceptors (Lipinski definition) is 7. The third kappa shape index (κ3) is 3.82. The maximum atomic E-state index is 6.49. The summed E-state index contributed by atoms with van der Waals surface area (Å²) in [7, 11) is 0. The van der Waals surface area contributed by atoms with Crippen LogP contribution in [0.4, 0.5) is 5.82 Å². The van der Waals surface area contributed by atoms with Gasteiger partial charge in [-0.2, -0.15) is 0 Å². The highest BCUT2D eigenvalue weighted by Crippen LogP contribution is 2.44. The lowest BCUT2D eigenvalue weighted by molar-refractivity contribution is 0.172. The van der Waals surface area contributed by atoms with Crippen LogP contribution in [0.3, 0.4) is 0 Å². The summed E-state index contributed by atoms with van der Waals surface area (Å²) in [5.74, 6) is 2.82. The predicted molar refractivity (Wildman–Crippen MR) is 140 cm³/mol. The number of aromatic nitrogens is 7. The molecule has 1 unspecified atom stereocenters. The van der Waals surface area contributed by atoms with Crippen LogP contribution in [0.15, 0.2) is 61.1 Å². The molecule has 0 amide bonds. The van der Waals surface area contributed by atoms with E-state index in [1.54, 1.807) is 6.33 Å². The Balaban J connectivity index is 1.20. The van der Waals surface area contributed by atoms with E-state index < -0.39 is 0 Å². The number of aryl methyl sites for hydroxylation is 2. The Kier molecular flexibility index (Phi) is 5.16. The fraction of sp³-hybridized carbons (Fsp3) is 0.321. The SMILES string of the molecule is Cc1nnnn1CC1CC(n2cc(-c3ccc4c(c3)OC(c3ccccc3)CC4)c3c(N)ncnc32)C1. The first-order valence-corrected chi connectivity index (χ1v) is 12.8. The van der Waals surface area contributed by atoms with Crippen molar-refractivity contribution in [3.63, 3.8) is 0 Å². The van der Waals surface area contributed by atoms with Crippen molar-refractivity contribution < 1.29 is 4.74 Å². The number of nitrogens with zero attached hydrogens (tertiary/aromatic N) is 7. The quantitative estimate of drug-likeness (QED) is 0.379. The van der Waals surface area contributed by atoms with Crippen molar-refractivity contribution in [3.8, 4) is 16.9 Å². The molecular formula is C28H28N8O. The largest absolute Gasteiger partial charge is 0.485 e. The van der Waals surface area contributed by atoms with E-state index in [9.17, 15) is 0 Å². The van der Waals surface area contributed by atoms with Crippen molar-refractivity contribution in [3.05, 3.63) is 78.0 Å². The lowest BCUT2D eigenvalue weighted by atomic mass is 9.80. The first-order valence-electron chi connectivity index (χ1n) is 12.8. The number of tetrazole rings is 1. The van der Waals surface area contributed by atoms with E-state index >= 15 is 0 Å². The van der Waals surface area contributed by atoms with Gasteiger partial charge < -0.3 is 15.0 Å². The zero-order chi connectivity index (χ0) is 24.9. The van der Waals surface area contributed by atoms with Gasteiger partial charge in [0.25, 0.3) is 0 Å². The Bertz CT molecular complexity index is 1580. The monoisotopic (exact) mass is 492 g/mol. The third-order valence-electron chi connectivity index (χ3n) is 7.88. The van der Waals surface area contributed by atoms with Gasteiger partial charge in [0.15, 0.2) is 0 Å². The zero-order valence-corrected chi connectivity index (χ0v) is 20.7. The molecule has 2 N–H and O–H groups in total. The van der Waals surface area contributed by atoms with E-state index in [0.717, 1.165) is 66.0 Å². The molecule has 4 heterocycles. The van der Waals surface area contributed by atoms with Gasteiger partial charge in [0.2, 0.25) is 0 Å². The maximum absolute atomic E-state index is 6.49. The normalized spacial score (nSPS) is 20.8. The molecule has 9 nitrogen and oxygen atoms in total. The summed E-state index contributed by atoms with van der Waals surface area (Å²) in [5, 5.41) is 12.8. The number of nitrogen functional groups attached to an aromatic ring is 1. The van der Waals surface area contributed by atoms with Gasteiger partial charge in [-0.05, 0) is 71.7 Å². The number of hydrogen-bond donors (Lipinski definition) is 1. The summed E-state index contributed by atoms with van der Waals surface area (Å²) in [6.07, 6.45) is 7.86. The molecule has 0 bridgehead atoms. The molecule has 37 heavy (non-hydrogen) atoms. The van der Waals surface area contributed by atoms with Crippen LogP contribution < -0.4 is 10.5 Å². The van der Waals surface area contributed by atoms with Crippen LogP contribution in [0, 0.1) is 12.8 Å². The van der Waals surface area contributed by atoms with Gasteiger partial charge >= 0.3 is 0 Å². The molecule has 0 radical (unpaired) electrons. The van der Waals surface area contributed by atoms with Crippen LogP contribution >= 0.6 is 0 Å². The van der Waals surface area contributed by atoms with Crippen molar-refractivity contribution in [2.45, 2.75) is 51.3 Å². The minimum Gasteiger partial charge on any atom is -0.485 e. The van der Waals surface area contributed by atoms with Gasteiger partial charge in [-0.3, -0.25) is 0 Å². The number of anilines is 1. The molecular weight excluding hydrogens is 464 g/mol. The van der Waals surface area contributed by atoms with Crippen molar-refractivity contribution in [1.29, 1.82) is 0 Å². The maximum Gasteiger partial charge on any atom is 0.148 e. The van der Waals surface area contributed by atoms with Crippen LogP contribution in [-0.2, 0) is 13.0 Å². The van der Waals surface area contributed by atoms with Gasteiger partial charge in [0.1, 0.15) is 35.5 Å². The van der Waals surface area contributed by atoms with Crippen molar-refractivity contribution in [2.75, 3.05) is 5.73 Å². The second-order valence-corrected chi connectivity index (χ2v) is 10.2. The highest BCUT2D eigenvalue weighted by Gasteiger charge is 2.33. The third-order valence-corrected chi connectivity index (χ3v) is 7.88. The first-order chi connectivity index (χ1) is 18.1. The van der Waals surface area contributed by atoms with E-state index in [2.05, 4.69) is 78.7 Å². The smallest absolute Gasteiger partial charge is 0.148 e. The number of fused-ring (bicyclic) bond motifs is 2. The average Bonchev–Trinajstić information content (AvgIpc) is 3.49. The Morgan fingerprint density at radius 2 is 1.95 bits per heavy atom. The van der Waals surface area contributed by atoms with Gasteiger partial charge in [-0.1, -0.05) is 42.5 Å². The second-order valence-electron chi connectivity index (χ2n) is 10.2. The lowest BCUT2D eigenvalue weighted by Gasteiger charge is -2.36. The van der Waals surface area contributed by atoms with Gasteiger partial charge in [0.05, 0.1) is 5.39 Å². The Hall–Kier alpha value is -4.27. The Morgan fingerprint density at radius 1 is 1.08 bits per heavy atom. The number of benzene rings is 2. The summed E-state index contributed by atoms with van der Waals surface area (Å²) in [6, 6.07) is 17.3. The molecule has 9 heteroatoms. The summed E-state index contributed by atoms with van der Waals surface area (Å²) < 4.78 is 10.7. The fourth-order valence-corrected chi connectivity index (χ4v) is 5.78. The molecule has 2 aromatic carbocycles. The Morgan fingerprint density at radius 3 is 2.76 bits per heavy atom. The van der Waals surface area contributed by atoms with Crippen LogP contribution in [0.1, 0.15) is 48.4 Å². The molecule has 1 aliphatic heterocycles. The van der Waals surface area contributed by atoms with Crippen LogP contribution in [-0.4, -0.2) is 34.7 Å². The molecule has 0 spiro atoms. The van der Waals surface area contributed by atoms with Gasteiger partial charge in [-0.25, -0.2) is 14.6 Å². The summed E-state index contributed by atoms with van der Waals surface area (Å²) in [5.41, 5.74) is 11.9. The van der Waals surface area contributed by atoms with Gasteiger partial charge in [0, 0.05) is 24.3 Å². The van der Waals surface area contributed by atoms with Crippen LogP contribution in [0.2, 0.25) is 0 Å². The molecule has 3 aromatic heterocycles. The van der Waals surface area contributed by atoms with Crippen molar-refractivity contribution in [2.24, 2.45) is 5.92 Å². The fourth-order valence-electron chi connectivity index (χ4n) is 5.78. The molecule has 1 atom stereocenters. The summed E-state index contributed by atoms with van der Waals surface area (Å²) in [4.78, 5) is 8.97. The van der Waals surface area contributed by atoms with Gasteiger partial charge in [-0.15, -0.1) is 5.10 Å². The zero-order valence-electron chi connectivity index (χ0n) is 20.7. The van der Waals surface area contributed by atoms with E-state index in [4.69, 9.17) is 10.5 Å². The van der Waals surface area contributed by atoms with Crippen LogP contribution in [0.25, 0.3) is 22.2 Å². The van der Waals surface area contributed by atoms with E-state index in [1.807, 2.05) is 17.7 Å². The van der Waals surface area contributed by atoms with E-state index in [1.165, 1.54) is 11.1 Å². The number of nitrogens with two attached hydrogens (primary N) is 1. The van der Waals surface area contributed by atoms with Crippen LogP contribution in [0.5, 0.6) is 5.75 Å². The second kappa shape index (κ2) is 8.69. The lowest BCUT2D eigenvalue weighted by Crippen LogP contribution is -2.30. The minimum absolute atomic E-state index is 0.0643. The molecule has 1 aliphatic carbocycles. The molecule has 186 valence electrons. The van der Waals surface area contributed by atoms with E-state index in [0.29, 0.717) is 17.8 Å². The van der Waals surface area contributed by atoms with Crippen molar-refractivity contribution in [1.82, 2.24) is 34.7 Å². The summed E-state index contributed by atoms with van der Waals surface area (Å²) >= 11 is 0. The topological polar surface area (TPSA) is 110 Å².